The minimum absolute atomic E-state index is 0.0897. The summed E-state index contributed by atoms with van der Waals surface area (Å²) in [7, 11) is -2.90. The molecule has 3 aromatic rings. The van der Waals surface area contributed by atoms with Crippen LogP contribution in [0.25, 0.3) is 6.08 Å². The van der Waals surface area contributed by atoms with Crippen LogP contribution in [0.5, 0.6) is 11.5 Å². The normalized spacial score (nSPS) is 14.6. The van der Waals surface area contributed by atoms with Gasteiger partial charge in [0, 0.05) is 12.6 Å². The molecule has 0 saturated carbocycles. The average molecular weight is 632 g/mol. The molecule has 1 saturated heterocycles. The summed E-state index contributed by atoms with van der Waals surface area (Å²) in [6.07, 6.45) is 1.54. The number of methoxy groups -OCH3 is 1. The Morgan fingerprint density at radius 1 is 1.10 bits per heavy atom. The Bertz CT molecular complexity index is 1600. The van der Waals surface area contributed by atoms with Gasteiger partial charge in [-0.25, -0.2) is 0 Å². The number of nitrogens with zero attached hydrogens (tertiary/aromatic N) is 1. The number of rotatable bonds is 8. The number of aryl methyl sites for hydroxylation is 1. The van der Waals surface area contributed by atoms with Crippen molar-refractivity contribution in [1.82, 2.24) is 4.90 Å². The molecule has 1 heterocycles. The van der Waals surface area contributed by atoms with Crippen LogP contribution in [0, 0.1) is 6.92 Å². The van der Waals surface area contributed by atoms with Crippen molar-refractivity contribution in [2.24, 2.45) is 0 Å². The minimum atomic E-state index is -4.25. The molecule has 1 fully saturated rings. The largest absolute Gasteiger partial charge is 0.493 e. The molecule has 9 nitrogen and oxygen atoms in total. The second-order valence-corrected chi connectivity index (χ2v) is 11.9. The molecule has 0 bridgehead atoms. The van der Waals surface area contributed by atoms with E-state index in [0.717, 1.165) is 22.9 Å². The molecule has 39 heavy (non-hydrogen) atoms. The third-order valence-corrected chi connectivity index (χ3v) is 8.23. The maximum Gasteiger partial charge on any atom is 0.339 e. The maximum atomic E-state index is 13.0. The number of nitrogens with one attached hydrogen (secondary N) is 1. The van der Waals surface area contributed by atoms with Gasteiger partial charge >= 0.3 is 10.1 Å². The number of anilines is 1. The fourth-order valence-electron chi connectivity index (χ4n) is 3.75. The fraction of sp³-hybridized carbons (Fsp3) is 0.148. The molecule has 0 aliphatic carbocycles. The summed E-state index contributed by atoms with van der Waals surface area (Å²) in [6, 6.07) is 16.1. The van der Waals surface area contributed by atoms with Gasteiger partial charge in [-0.05, 0) is 88.2 Å². The van der Waals surface area contributed by atoms with Crippen LogP contribution in [0.2, 0.25) is 0 Å². The van der Waals surface area contributed by atoms with Crippen molar-refractivity contribution in [3.63, 3.8) is 0 Å². The molecule has 0 aromatic heterocycles. The second-order valence-electron chi connectivity index (χ2n) is 8.53. The zero-order valence-corrected chi connectivity index (χ0v) is 24.3. The number of hydrogen-bond acceptors (Lipinski definition) is 8. The first kappa shape index (κ1) is 28.4. The minimum Gasteiger partial charge on any atom is -0.493 e. The Morgan fingerprint density at radius 3 is 2.46 bits per heavy atom. The Kier molecular flexibility index (Phi) is 8.48. The molecular formula is C27H23BrN2O7S2. The van der Waals surface area contributed by atoms with Crippen LogP contribution in [0.4, 0.5) is 10.5 Å². The van der Waals surface area contributed by atoms with Crippen LogP contribution in [0.15, 0.2) is 74.9 Å². The van der Waals surface area contributed by atoms with Crippen molar-refractivity contribution in [1.29, 1.82) is 0 Å². The highest BCUT2D eigenvalue weighted by atomic mass is 79.9. The molecule has 3 aromatic carbocycles. The predicted octanol–water partition coefficient (Wildman–Crippen LogP) is 5.73. The predicted molar refractivity (Wildman–Crippen MR) is 152 cm³/mol. The molecule has 202 valence electrons. The number of imide groups is 1. The smallest absolute Gasteiger partial charge is 0.339 e. The molecule has 3 amide bonds. The Balaban J connectivity index is 1.56. The monoisotopic (exact) mass is 630 g/mol. The summed E-state index contributed by atoms with van der Waals surface area (Å²) < 4.78 is 36.8. The third kappa shape index (κ3) is 6.70. The second kappa shape index (κ2) is 11.6. The van der Waals surface area contributed by atoms with Gasteiger partial charge < -0.3 is 14.2 Å². The quantitative estimate of drug-likeness (QED) is 0.248. The number of amides is 3. The van der Waals surface area contributed by atoms with Gasteiger partial charge in [0.25, 0.3) is 11.1 Å². The average Bonchev–Trinajstić information content (AvgIpc) is 3.12. The molecule has 1 aliphatic heterocycles. The molecule has 1 aliphatic rings. The van der Waals surface area contributed by atoms with Gasteiger partial charge in [-0.15, -0.1) is 0 Å². The lowest BCUT2D eigenvalue weighted by Crippen LogP contribution is -2.27. The summed E-state index contributed by atoms with van der Waals surface area (Å²) in [6.45, 7) is 3.44. The van der Waals surface area contributed by atoms with Crippen LogP contribution >= 0.6 is 27.7 Å². The summed E-state index contributed by atoms with van der Waals surface area (Å²) in [5, 5.41) is 2.18. The number of carbonyl (C=O) groups excluding carboxylic acids is 3. The highest BCUT2D eigenvalue weighted by molar-refractivity contribution is 9.10. The van der Waals surface area contributed by atoms with E-state index in [0.29, 0.717) is 11.3 Å². The van der Waals surface area contributed by atoms with Crippen molar-refractivity contribution in [2.45, 2.75) is 25.3 Å². The van der Waals surface area contributed by atoms with E-state index in [1.165, 1.54) is 55.3 Å². The number of carbonyl (C=O) groups is 3. The van der Waals surface area contributed by atoms with Gasteiger partial charge in [0.15, 0.2) is 11.5 Å². The topological polar surface area (TPSA) is 119 Å². The fourth-order valence-corrected chi connectivity index (χ4v) is 6.19. The highest BCUT2D eigenvalue weighted by Gasteiger charge is 2.35. The van der Waals surface area contributed by atoms with Gasteiger partial charge in [0.2, 0.25) is 5.91 Å². The molecule has 0 atom stereocenters. The van der Waals surface area contributed by atoms with Crippen molar-refractivity contribution in [2.75, 3.05) is 12.4 Å². The number of hydrogen-bond donors (Lipinski definition) is 1. The van der Waals surface area contributed by atoms with Gasteiger partial charge in [0.05, 0.1) is 23.0 Å². The van der Waals surface area contributed by atoms with E-state index in [-0.39, 0.29) is 43.5 Å². The standard InChI is InChI=1S/C27H23BrN2O7S2/c1-16-5-4-6-18(11-16)15-30-26(32)24(38-27(30)33)14-19-12-22(28)25(23(13-19)36-3)37-39(34,35)21-9-7-20(8-10-21)29-17(2)31/h4-14H,15H2,1-3H3,(H,29,31)/b24-14-. The molecule has 4 rings (SSSR count). The summed E-state index contributed by atoms with van der Waals surface area (Å²) in [5.74, 6) is -0.708. The zero-order valence-electron chi connectivity index (χ0n) is 21.1. The van der Waals surface area contributed by atoms with Crippen molar-refractivity contribution in [3.05, 3.63) is 86.7 Å². The van der Waals surface area contributed by atoms with E-state index in [2.05, 4.69) is 21.2 Å². The molecular weight excluding hydrogens is 608 g/mol. The van der Waals surface area contributed by atoms with Gasteiger partial charge in [-0.2, -0.15) is 8.42 Å². The lowest BCUT2D eigenvalue weighted by molar-refractivity contribution is -0.123. The lowest BCUT2D eigenvalue weighted by Gasteiger charge is -2.14. The van der Waals surface area contributed by atoms with E-state index < -0.39 is 16.0 Å². The highest BCUT2D eigenvalue weighted by Crippen LogP contribution is 2.40. The number of halogens is 1. The molecule has 1 N–H and O–H groups in total. The summed E-state index contributed by atoms with van der Waals surface area (Å²) >= 11 is 4.15. The van der Waals surface area contributed by atoms with E-state index in [1.54, 1.807) is 6.07 Å². The van der Waals surface area contributed by atoms with Crippen LogP contribution in [0.3, 0.4) is 0 Å². The number of ether oxygens (including phenoxy) is 1. The van der Waals surface area contributed by atoms with Crippen molar-refractivity contribution in [3.8, 4) is 11.5 Å². The molecule has 0 radical (unpaired) electrons. The van der Waals surface area contributed by atoms with Crippen LogP contribution in [0.1, 0.15) is 23.6 Å². The third-order valence-electron chi connectivity index (χ3n) is 5.50. The SMILES string of the molecule is COc1cc(/C=C2\SC(=O)N(Cc3cccc(C)c3)C2=O)cc(Br)c1OS(=O)(=O)c1ccc(NC(C)=O)cc1. The lowest BCUT2D eigenvalue weighted by atomic mass is 10.1. The Labute approximate surface area is 238 Å². The van der Waals surface area contributed by atoms with Crippen LogP contribution < -0.4 is 14.2 Å². The summed E-state index contributed by atoms with van der Waals surface area (Å²) in [5.41, 5.74) is 2.80. The first-order chi connectivity index (χ1) is 18.5. The van der Waals surface area contributed by atoms with E-state index in [4.69, 9.17) is 8.92 Å². The summed E-state index contributed by atoms with van der Waals surface area (Å²) in [4.78, 5) is 38.0. The van der Waals surface area contributed by atoms with Gasteiger partial charge in [0.1, 0.15) is 4.90 Å². The Hall–Kier alpha value is -3.61. The number of thioether (sulfide) groups is 1. The zero-order chi connectivity index (χ0) is 28.3. The van der Waals surface area contributed by atoms with E-state index in [9.17, 15) is 22.8 Å². The molecule has 0 unspecified atom stereocenters. The van der Waals surface area contributed by atoms with Gasteiger partial charge in [-0.3, -0.25) is 19.3 Å². The number of benzene rings is 3. The van der Waals surface area contributed by atoms with E-state index in [1.807, 2.05) is 31.2 Å². The van der Waals surface area contributed by atoms with Gasteiger partial charge in [-0.1, -0.05) is 29.8 Å². The van der Waals surface area contributed by atoms with Crippen LogP contribution in [-0.2, 0) is 26.3 Å². The molecule has 0 spiro atoms. The first-order valence-corrected chi connectivity index (χ1v) is 14.5. The maximum absolute atomic E-state index is 13.0. The van der Waals surface area contributed by atoms with E-state index >= 15 is 0 Å². The Morgan fingerprint density at radius 2 is 1.82 bits per heavy atom. The van der Waals surface area contributed by atoms with Crippen molar-refractivity contribution < 1.29 is 31.7 Å². The molecule has 12 heteroatoms. The van der Waals surface area contributed by atoms with Crippen LogP contribution in [-0.4, -0.2) is 37.5 Å². The van der Waals surface area contributed by atoms with Crippen molar-refractivity contribution >= 4 is 66.6 Å². The first-order valence-electron chi connectivity index (χ1n) is 11.5.